The number of aromatic amines is 1. The van der Waals surface area contributed by atoms with Crippen LogP contribution in [0.15, 0.2) is 19.9 Å². The number of H-pyrrole nitrogens is 1. The van der Waals surface area contributed by atoms with Gasteiger partial charge >= 0.3 is 17.6 Å². The van der Waals surface area contributed by atoms with E-state index in [4.69, 9.17) is 14.2 Å². The van der Waals surface area contributed by atoms with Crippen LogP contribution in [0.4, 0.5) is 0 Å². The topological polar surface area (TPSA) is 117 Å². The van der Waals surface area contributed by atoms with Gasteiger partial charge in [-0.1, -0.05) is 22.6 Å². The van der Waals surface area contributed by atoms with Crippen molar-refractivity contribution in [3.05, 3.63) is 36.7 Å². The number of hydrogen-bond donors (Lipinski definition) is 1. The van der Waals surface area contributed by atoms with Gasteiger partial charge in [-0.2, -0.15) is 0 Å². The average molecular weight is 590 g/mol. The normalized spacial score (nSPS) is 22.9. The summed E-state index contributed by atoms with van der Waals surface area (Å²) in [4.78, 5) is 48.9. The molecule has 0 spiro atoms. The predicted octanol–water partition coefficient (Wildman–Crippen LogP) is 1.49. The number of nitrogens with one attached hydrogen (secondary N) is 1. The minimum Gasteiger partial charge on any atom is -0.463 e. The van der Waals surface area contributed by atoms with E-state index in [1.165, 1.54) is 24.6 Å². The average Bonchev–Trinajstić information content (AvgIpc) is 2.94. The molecule has 0 aliphatic carbocycles. The first kappa shape index (κ1) is 21.1. The van der Waals surface area contributed by atoms with Crippen molar-refractivity contribution >= 4 is 60.7 Å². The minimum absolute atomic E-state index is 0.0280. The van der Waals surface area contributed by atoms with Crippen molar-refractivity contribution in [3.8, 4) is 0 Å². The van der Waals surface area contributed by atoms with Gasteiger partial charge in [-0.3, -0.25) is 23.9 Å². The molecule has 11 heteroatoms. The Labute approximate surface area is 175 Å². The lowest BCUT2D eigenvalue weighted by molar-refractivity contribution is -0.153. The summed E-state index contributed by atoms with van der Waals surface area (Å²) in [6.07, 6.45) is -0.632. The maximum Gasteiger partial charge on any atom is 0.330 e. The summed E-state index contributed by atoms with van der Waals surface area (Å²) in [5.41, 5.74) is -0.929. The Hall–Kier alpha value is -1.22. The molecule has 0 radical (unpaired) electrons. The Bertz CT molecular complexity index is 845. The number of halogens is 2. The molecule has 1 aromatic rings. The van der Waals surface area contributed by atoms with Crippen molar-refractivity contribution in [2.24, 2.45) is 0 Å². The molecule has 0 amide bonds. The smallest absolute Gasteiger partial charge is 0.330 e. The molecule has 1 saturated heterocycles. The Morgan fingerprint density at radius 3 is 2.65 bits per heavy atom. The number of aromatic nitrogens is 2. The molecule has 1 aromatic heterocycles. The Balaban J connectivity index is 2.39. The number of rotatable bonds is 5. The zero-order chi connectivity index (χ0) is 19.4. The maximum absolute atomic E-state index is 12.3. The van der Waals surface area contributed by atoms with E-state index in [1.54, 1.807) is 4.08 Å². The maximum atomic E-state index is 12.3. The molecule has 3 atom stereocenters. The van der Waals surface area contributed by atoms with E-state index in [0.717, 1.165) is 0 Å². The molecule has 0 saturated carbocycles. The molecule has 0 bridgehead atoms. The second-order valence-corrected chi connectivity index (χ2v) is 7.29. The summed E-state index contributed by atoms with van der Waals surface area (Å²) < 4.78 is 19.5. The molecular weight excluding hydrogens is 574 g/mol. The highest BCUT2D eigenvalue weighted by Crippen LogP contribution is 2.31. The number of ether oxygens (including phenoxy) is 3. The lowest BCUT2D eigenvalue weighted by atomic mass is 10.2. The highest BCUT2D eigenvalue weighted by molar-refractivity contribution is 14.1. The molecule has 0 unspecified atom stereocenters. The van der Waals surface area contributed by atoms with Crippen LogP contribution < -0.4 is 11.2 Å². The highest BCUT2D eigenvalue weighted by Gasteiger charge is 2.40. The standard InChI is InChI=1S/C15H16I2N2O7/c1-7(20)24-6-9-3-12(25-8(2)21)14(26-9)19-5-10(11(17)4-16)13(22)18-15(19)23/h4-5,9,12,14H,3,6H2,1-2H3,(H,18,22,23)/t9-,12+,14+/m0/s1. The van der Waals surface area contributed by atoms with E-state index in [-0.39, 0.29) is 18.6 Å². The number of carbonyl (C=O) groups excluding carboxylic acids is 2. The van der Waals surface area contributed by atoms with Gasteiger partial charge in [0.1, 0.15) is 12.7 Å². The third-order valence-corrected chi connectivity index (χ3v) is 6.24. The molecule has 1 fully saturated rings. The van der Waals surface area contributed by atoms with Crippen LogP contribution in [0.25, 0.3) is 3.58 Å². The SMILES string of the molecule is CC(=O)OC[C@@H]1C[C@@H](OC(C)=O)[C@H](n2cc(C(I)=CI)c(=O)[nH]c2=O)O1. The first-order valence-electron chi connectivity index (χ1n) is 7.50. The molecular formula is C15H16I2N2O7. The quantitative estimate of drug-likeness (QED) is 0.408. The van der Waals surface area contributed by atoms with Crippen LogP contribution >= 0.6 is 45.2 Å². The lowest BCUT2D eigenvalue weighted by Gasteiger charge is -2.20. The molecule has 1 N–H and O–H groups in total. The first-order chi connectivity index (χ1) is 12.2. The van der Waals surface area contributed by atoms with Gasteiger partial charge < -0.3 is 14.2 Å². The summed E-state index contributed by atoms with van der Waals surface area (Å²) in [7, 11) is 0. The van der Waals surface area contributed by atoms with Gasteiger partial charge in [0.25, 0.3) is 5.56 Å². The first-order valence-corrected chi connectivity index (χ1v) is 9.83. The van der Waals surface area contributed by atoms with Crippen LogP contribution in [0.3, 0.4) is 0 Å². The van der Waals surface area contributed by atoms with Crippen molar-refractivity contribution < 1.29 is 23.8 Å². The lowest BCUT2D eigenvalue weighted by Crippen LogP contribution is -2.37. The van der Waals surface area contributed by atoms with E-state index in [9.17, 15) is 19.2 Å². The molecule has 1 aliphatic rings. The van der Waals surface area contributed by atoms with Crippen LogP contribution in [0, 0.1) is 0 Å². The van der Waals surface area contributed by atoms with Gasteiger partial charge in [0.15, 0.2) is 6.23 Å². The second-order valence-electron chi connectivity index (χ2n) is 5.50. The van der Waals surface area contributed by atoms with E-state index < -0.39 is 41.6 Å². The van der Waals surface area contributed by atoms with Crippen LogP contribution in [0.2, 0.25) is 0 Å². The summed E-state index contributed by atoms with van der Waals surface area (Å²) in [5.74, 6) is -0.998. The summed E-state index contributed by atoms with van der Waals surface area (Å²) in [6.45, 7) is 2.49. The predicted molar refractivity (Wildman–Crippen MR) is 108 cm³/mol. The van der Waals surface area contributed by atoms with Crippen molar-refractivity contribution in [1.82, 2.24) is 9.55 Å². The largest absolute Gasteiger partial charge is 0.463 e. The van der Waals surface area contributed by atoms with Gasteiger partial charge in [-0.15, -0.1) is 0 Å². The van der Waals surface area contributed by atoms with E-state index in [2.05, 4.69) is 4.98 Å². The fraction of sp³-hybridized carbons (Fsp3) is 0.467. The van der Waals surface area contributed by atoms with Gasteiger partial charge in [0.05, 0.1) is 11.7 Å². The third-order valence-electron chi connectivity index (χ3n) is 3.53. The third kappa shape index (κ3) is 5.16. The Morgan fingerprint density at radius 2 is 2.08 bits per heavy atom. The molecule has 2 rings (SSSR count). The number of carbonyl (C=O) groups is 2. The van der Waals surface area contributed by atoms with E-state index in [0.29, 0.717) is 3.58 Å². The van der Waals surface area contributed by atoms with Crippen LogP contribution in [-0.4, -0.2) is 40.3 Å². The minimum atomic E-state index is -0.944. The van der Waals surface area contributed by atoms with Crippen LogP contribution in [0.5, 0.6) is 0 Å². The highest BCUT2D eigenvalue weighted by atomic mass is 127. The number of nitrogens with zero attached hydrogens (tertiary/aromatic N) is 1. The van der Waals surface area contributed by atoms with Gasteiger partial charge in [0.2, 0.25) is 0 Å². The molecule has 1 aliphatic heterocycles. The Kier molecular flexibility index (Phi) is 7.40. The molecule has 142 valence electrons. The fourth-order valence-electron chi connectivity index (χ4n) is 2.50. The van der Waals surface area contributed by atoms with E-state index >= 15 is 0 Å². The van der Waals surface area contributed by atoms with E-state index in [1.807, 2.05) is 45.2 Å². The zero-order valence-electron chi connectivity index (χ0n) is 13.9. The van der Waals surface area contributed by atoms with Crippen LogP contribution in [-0.2, 0) is 23.8 Å². The number of esters is 2. The number of hydrogen-bond acceptors (Lipinski definition) is 7. The summed E-state index contributed by atoms with van der Waals surface area (Å²) in [6, 6.07) is 0. The monoisotopic (exact) mass is 590 g/mol. The molecule has 9 nitrogen and oxygen atoms in total. The summed E-state index contributed by atoms with van der Waals surface area (Å²) in [5, 5.41) is 0. The van der Waals surface area contributed by atoms with Crippen molar-refractivity contribution in [3.63, 3.8) is 0 Å². The molecule has 26 heavy (non-hydrogen) atoms. The molecule has 0 aromatic carbocycles. The Morgan fingerprint density at radius 1 is 1.38 bits per heavy atom. The second kappa shape index (κ2) is 9.12. The van der Waals surface area contributed by atoms with Crippen molar-refractivity contribution in [2.75, 3.05) is 6.61 Å². The van der Waals surface area contributed by atoms with Gasteiger partial charge in [0, 0.05) is 30.0 Å². The van der Waals surface area contributed by atoms with Gasteiger partial charge in [-0.25, -0.2) is 4.79 Å². The van der Waals surface area contributed by atoms with Crippen molar-refractivity contribution in [2.45, 2.75) is 38.7 Å². The van der Waals surface area contributed by atoms with Crippen molar-refractivity contribution in [1.29, 1.82) is 0 Å². The molecule has 2 heterocycles. The summed E-state index contributed by atoms with van der Waals surface area (Å²) >= 11 is 3.96. The van der Waals surface area contributed by atoms with Gasteiger partial charge in [-0.05, 0) is 26.7 Å². The fourth-order valence-corrected chi connectivity index (χ4v) is 3.22. The van der Waals surface area contributed by atoms with Crippen LogP contribution in [0.1, 0.15) is 32.1 Å². The zero-order valence-corrected chi connectivity index (χ0v) is 18.2.